The number of nitrogens with one attached hydrogen (secondary N) is 2. The highest BCUT2D eigenvalue weighted by molar-refractivity contribution is 9.10. The lowest BCUT2D eigenvalue weighted by Gasteiger charge is -2.28. The molecule has 0 spiro atoms. The summed E-state index contributed by atoms with van der Waals surface area (Å²) in [6.07, 6.45) is 3.52. The summed E-state index contributed by atoms with van der Waals surface area (Å²) in [5, 5.41) is 4.41. The number of rotatable bonds is 1. The van der Waals surface area contributed by atoms with E-state index in [-0.39, 0.29) is 0 Å². The van der Waals surface area contributed by atoms with Crippen molar-refractivity contribution in [1.82, 2.24) is 20.3 Å². The average Bonchev–Trinajstić information content (AvgIpc) is 2.73. The molecule has 5 nitrogen and oxygen atoms in total. The molecule has 84 valence electrons. The van der Waals surface area contributed by atoms with Gasteiger partial charge in [-0.3, -0.25) is 0 Å². The third-order valence-corrected chi connectivity index (χ3v) is 3.44. The van der Waals surface area contributed by atoms with Crippen molar-refractivity contribution in [2.75, 3.05) is 31.1 Å². The Morgan fingerprint density at radius 1 is 1.25 bits per heavy atom. The Balaban J connectivity index is 2.10. The zero-order valence-electron chi connectivity index (χ0n) is 8.70. The molecule has 2 aromatic rings. The Morgan fingerprint density at radius 2 is 2.06 bits per heavy atom. The van der Waals surface area contributed by atoms with Crippen LogP contribution in [0.4, 0.5) is 5.82 Å². The summed E-state index contributed by atoms with van der Waals surface area (Å²) in [5.74, 6) is 1.01. The van der Waals surface area contributed by atoms with Crippen molar-refractivity contribution in [3.8, 4) is 0 Å². The van der Waals surface area contributed by atoms with Gasteiger partial charge in [0, 0.05) is 36.8 Å². The average molecular weight is 282 g/mol. The molecule has 2 N–H and O–H groups in total. The predicted molar refractivity (Wildman–Crippen MR) is 66.7 cm³/mol. The minimum atomic E-state index is 0.885. The SMILES string of the molecule is Brc1c[nH]c2ncnc(N3CCNCC3)c12. The molecule has 0 amide bonds. The molecule has 0 atom stereocenters. The topological polar surface area (TPSA) is 56.8 Å². The third kappa shape index (κ3) is 1.58. The number of aromatic nitrogens is 3. The number of halogens is 1. The fraction of sp³-hybridized carbons (Fsp3) is 0.400. The number of anilines is 1. The van der Waals surface area contributed by atoms with E-state index in [0.29, 0.717) is 0 Å². The van der Waals surface area contributed by atoms with Crippen molar-refractivity contribution < 1.29 is 0 Å². The van der Waals surface area contributed by atoms with Gasteiger partial charge in [-0.25, -0.2) is 9.97 Å². The van der Waals surface area contributed by atoms with Gasteiger partial charge in [0.1, 0.15) is 17.8 Å². The van der Waals surface area contributed by atoms with Gasteiger partial charge in [-0.1, -0.05) is 0 Å². The molecule has 0 aromatic carbocycles. The molecule has 1 aliphatic rings. The molecular formula is C10H12BrN5. The van der Waals surface area contributed by atoms with Gasteiger partial charge >= 0.3 is 0 Å². The summed E-state index contributed by atoms with van der Waals surface area (Å²) in [6.45, 7) is 3.99. The van der Waals surface area contributed by atoms with E-state index in [1.165, 1.54) is 0 Å². The fourth-order valence-electron chi connectivity index (χ4n) is 2.03. The standard InChI is InChI=1S/C10H12BrN5/c11-7-5-13-9-8(7)10(15-6-14-9)16-3-1-12-2-4-16/h5-6,12H,1-4H2,(H,13,14,15). The Morgan fingerprint density at radius 3 is 2.88 bits per heavy atom. The lowest BCUT2D eigenvalue weighted by Crippen LogP contribution is -2.44. The molecule has 0 saturated carbocycles. The van der Waals surface area contributed by atoms with Crippen LogP contribution < -0.4 is 10.2 Å². The number of hydrogen-bond acceptors (Lipinski definition) is 4. The van der Waals surface area contributed by atoms with E-state index < -0.39 is 0 Å². The van der Waals surface area contributed by atoms with Gasteiger partial charge in [0.25, 0.3) is 0 Å². The number of hydrogen-bond donors (Lipinski definition) is 2. The van der Waals surface area contributed by atoms with Crippen LogP contribution in [-0.4, -0.2) is 41.1 Å². The molecular weight excluding hydrogens is 270 g/mol. The van der Waals surface area contributed by atoms with Crippen LogP contribution in [0.1, 0.15) is 0 Å². The number of aromatic amines is 1. The second-order valence-electron chi connectivity index (χ2n) is 3.79. The quantitative estimate of drug-likeness (QED) is 0.823. The third-order valence-electron chi connectivity index (χ3n) is 2.82. The maximum Gasteiger partial charge on any atom is 0.144 e. The molecule has 0 aliphatic carbocycles. The van der Waals surface area contributed by atoms with Crippen LogP contribution in [0.2, 0.25) is 0 Å². The van der Waals surface area contributed by atoms with Crippen LogP contribution in [0.3, 0.4) is 0 Å². The first-order chi connectivity index (χ1) is 7.86. The predicted octanol–water partition coefficient (Wildman–Crippen LogP) is 1.13. The largest absolute Gasteiger partial charge is 0.353 e. The van der Waals surface area contributed by atoms with Crippen LogP contribution in [0.25, 0.3) is 11.0 Å². The Hall–Kier alpha value is -1.14. The number of piperazine rings is 1. The van der Waals surface area contributed by atoms with E-state index in [1.54, 1.807) is 6.33 Å². The van der Waals surface area contributed by atoms with Gasteiger partial charge in [-0.2, -0.15) is 0 Å². The van der Waals surface area contributed by atoms with Gasteiger partial charge in [0.15, 0.2) is 0 Å². The zero-order valence-corrected chi connectivity index (χ0v) is 10.3. The number of nitrogens with zero attached hydrogens (tertiary/aromatic N) is 3. The van der Waals surface area contributed by atoms with Crippen LogP contribution >= 0.6 is 15.9 Å². The van der Waals surface area contributed by atoms with Crippen LogP contribution in [0, 0.1) is 0 Å². The first kappa shape index (κ1) is 10.0. The lowest BCUT2D eigenvalue weighted by molar-refractivity contribution is 0.586. The zero-order chi connectivity index (χ0) is 11.0. The molecule has 2 aromatic heterocycles. The summed E-state index contributed by atoms with van der Waals surface area (Å²) in [6, 6.07) is 0. The van der Waals surface area contributed by atoms with Gasteiger partial charge in [-0.15, -0.1) is 0 Å². The molecule has 0 radical (unpaired) electrons. The maximum atomic E-state index is 4.40. The minimum absolute atomic E-state index is 0.885. The molecule has 1 aliphatic heterocycles. The van der Waals surface area contributed by atoms with E-state index in [0.717, 1.165) is 47.5 Å². The van der Waals surface area contributed by atoms with E-state index >= 15 is 0 Å². The summed E-state index contributed by atoms with van der Waals surface area (Å²) >= 11 is 3.53. The van der Waals surface area contributed by atoms with Crippen molar-refractivity contribution >= 4 is 32.8 Å². The van der Waals surface area contributed by atoms with Crippen molar-refractivity contribution in [3.63, 3.8) is 0 Å². The Kier molecular flexibility index (Phi) is 2.53. The van der Waals surface area contributed by atoms with Crippen molar-refractivity contribution in [3.05, 3.63) is 17.0 Å². The van der Waals surface area contributed by atoms with E-state index in [9.17, 15) is 0 Å². The van der Waals surface area contributed by atoms with Crippen molar-refractivity contribution in [2.45, 2.75) is 0 Å². The van der Waals surface area contributed by atoms with Gasteiger partial charge < -0.3 is 15.2 Å². The van der Waals surface area contributed by atoms with Gasteiger partial charge in [-0.05, 0) is 15.9 Å². The number of H-pyrrole nitrogens is 1. The summed E-state index contributed by atoms with van der Waals surface area (Å²) in [4.78, 5) is 14.0. The molecule has 3 heterocycles. The lowest BCUT2D eigenvalue weighted by atomic mass is 10.3. The van der Waals surface area contributed by atoms with E-state index in [1.807, 2.05) is 6.20 Å². The molecule has 1 fully saturated rings. The van der Waals surface area contributed by atoms with Crippen LogP contribution in [0.15, 0.2) is 17.0 Å². The summed E-state index contributed by atoms with van der Waals surface area (Å²) < 4.78 is 1.02. The Bertz CT molecular complexity index is 503. The highest BCUT2D eigenvalue weighted by atomic mass is 79.9. The normalized spacial score (nSPS) is 16.9. The van der Waals surface area contributed by atoms with Crippen LogP contribution in [0.5, 0.6) is 0 Å². The molecule has 0 bridgehead atoms. The molecule has 6 heteroatoms. The van der Waals surface area contributed by atoms with Gasteiger partial charge in [0.05, 0.1) is 5.39 Å². The monoisotopic (exact) mass is 281 g/mol. The maximum absolute atomic E-state index is 4.40. The number of fused-ring (bicyclic) bond motifs is 1. The molecule has 3 rings (SSSR count). The molecule has 1 saturated heterocycles. The second kappa shape index (κ2) is 4.03. The molecule has 16 heavy (non-hydrogen) atoms. The van der Waals surface area contributed by atoms with Crippen molar-refractivity contribution in [1.29, 1.82) is 0 Å². The smallest absolute Gasteiger partial charge is 0.144 e. The fourth-order valence-corrected chi connectivity index (χ4v) is 2.51. The first-order valence-corrected chi connectivity index (χ1v) is 6.09. The van der Waals surface area contributed by atoms with Crippen LogP contribution in [-0.2, 0) is 0 Å². The van der Waals surface area contributed by atoms with Gasteiger partial charge in [0.2, 0.25) is 0 Å². The Labute approximate surface area is 101 Å². The minimum Gasteiger partial charge on any atom is -0.353 e. The highest BCUT2D eigenvalue weighted by Crippen LogP contribution is 2.29. The summed E-state index contributed by atoms with van der Waals surface area (Å²) in [5.41, 5.74) is 0.885. The molecule has 0 unspecified atom stereocenters. The first-order valence-electron chi connectivity index (χ1n) is 5.29. The second-order valence-corrected chi connectivity index (χ2v) is 4.65. The van der Waals surface area contributed by atoms with E-state index in [4.69, 9.17) is 0 Å². The highest BCUT2D eigenvalue weighted by Gasteiger charge is 2.17. The summed E-state index contributed by atoms with van der Waals surface area (Å²) in [7, 11) is 0. The van der Waals surface area contributed by atoms with E-state index in [2.05, 4.69) is 41.1 Å². The van der Waals surface area contributed by atoms with Crippen molar-refractivity contribution in [2.24, 2.45) is 0 Å².